The van der Waals surface area contributed by atoms with Gasteiger partial charge in [-0.15, -0.1) is 0 Å². The molecule has 6 aromatic rings. The summed E-state index contributed by atoms with van der Waals surface area (Å²) in [6.07, 6.45) is -0.0479. The molecule has 5 heterocycles. The number of nitrogens with one attached hydrogen (secondary N) is 2. The summed E-state index contributed by atoms with van der Waals surface area (Å²) in [7, 11) is 1.61. The average molecular weight is 777 g/mol. The minimum atomic E-state index is -1.51. The number of nitrogens with zero attached hydrogens (tertiary/aromatic N) is 8. The van der Waals surface area contributed by atoms with Crippen molar-refractivity contribution in [1.82, 2.24) is 34.5 Å². The van der Waals surface area contributed by atoms with Gasteiger partial charge < -0.3 is 30.6 Å². The molecule has 1 fully saturated rings. The Kier molecular flexibility index (Phi) is 9.41. The molecule has 57 heavy (non-hydrogen) atoms. The number of rotatable bonds is 8. The highest BCUT2D eigenvalue weighted by molar-refractivity contribution is 5.96. The van der Waals surface area contributed by atoms with Gasteiger partial charge >= 0.3 is 6.03 Å². The number of aliphatic hydroxyl groups excluding tert-OH is 1. The van der Waals surface area contributed by atoms with Crippen LogP contribution in [-0.2, 0) is 19.2 Å². The van der Waals surface area contributed by atoms with Crippen LogP contribution in [0.25, 0.3) is 16.9 Å². The van der Waals surface area contributed by atoms with E-state index in [0.29, 0.717) is 60.0 Å². The molecule has 2 aliphatic rings. The molecule has 1 unspecified atom stereocenters. The van der Waals surface area contributed by atoms with E-state index in [9.17, 15) is 29.0 Å². The molecule has 4 N–H and O–H groups in total. The van der Waals surface area contributed by atoms with Crippen molar-refractivity contribution >= 4 is 46.0 Å². The van der Waals surface area contributed by atoms with Crippen molar-refractivity contribution in [1.29, 1.82) is 0 Å². The van der Waals surface area contributed by atoms with E-state index in [4.69, 9.17) is 0 Å². The first-order valence-electron chi connectivity index (χ1n) is 18.2. The highest BCUT2D eigenvalue weighted by Gasteiger charge is 2.32. The van der Waals surface area contributed by atoms with Crippen LogP contribution in [0, 0.1) is 11.6 Å². The third kappa shape index (κ3) is 7.02. The van der Waals surface area contributed by atoms with Crippen molar-refractivity contribution < 1.29 is 28.6 Å². The van der Waals surface area contributed by atoms with Crippen LogP contribution < -0.4 is 26.0 Å². The summed E-state index contributed by atoms with van der Waals surface area (Å²) in [6, 6.07) is 20.3. The Labute approximate surface area is 324 Å². The Hall–Kier alpha value is -6.72. The predicted molar refractivity (Wildman–Crippen MR) is 207 cm³/mol. The molecule has 8 rings (SSSR count). The zero-order valence-electron chi connectivity index (χ0n) is 31.1. The molecule has 1 saturated heterocycles. The van der Waals surface area contributed by atoms with Gasteiger partial charge in [-0.05, 0) is 80.1 Å². The van der Waals surface area contributed by atoms with Crippen LogP contribution in [0.2, 0.25) is 0 Å². The number of fused-ring (bicyclic) bond motifs is 2. The maximum atomic E-state index is 15.1. The van der Waals surface area contributed by atoms with Crippen LogP contribution in [0.4, 0.5) is 36.6 Å². The van der Waals surface area contributed by atoms with Gasteiger partial charge in [0.15, 0.2) is 17.7 Å². The SMILES string of the molecule is Cn1c(=O)c2cnc(Nc3ccc(N4CCN(C(=O)c5cc(CN6C(=O)NC(O)c7c(F)cccc76)ccc5F)CC4)cc3)nc2n1-c1cccc(C(C)(C)O)n1. The lowest BCUT2D eigenvalue weighted by atomic mass is 10.0. The van der Waals surface area contributed by atoms with Gasteiger partial charge in [-0.1, -0.05) is 18.2 Å². The highest BCUT2D eigenvalue weighted by atomic mass is 19.1. The van der Waals surface area contributed by atoms with Crippen molar-refractivity contribution in [3.05, 3.63) is 129 Å². The van der Waals surface area contributed by atoms with Gasteiger partial charge in [-0.25, -0.2) is 32.9 Å². The summed E-state index contributed by atoms with van der Waals surface area (Å²) in [4.78, 5) is 57.9. The number of urea groups is 1. The number of halogens is 2. The Bertz CT molecular complexity index is 2600. The molecule has 0 bridgehead atoms. The van der Waals surface area contributed by atoms with E-state index in [1.54, 1.807) is 48.7 Å². The van der Waals surface area contributed by atoms with Crippen LogP contribution >= 0.6 is 0 Å². The highest BCUT2D eigenvalue weighted by Crippen LogP contribution is 2.33. The van der Waals surface area contributed by atoms with Gasteiger partial charge in [-0.3, -0.25) is 14.5 Å². The third-order valence-corrected chi connectivity index (χ3v) is 10.1. The number of carbonyl (C=O) groups excluding carboxylic acids is 2. The number of piperazine rings is 1. The van der Waals surface area contributed by atoms with Gasteiger partial charge in [0, 0.05) is 50.8 Å². The molecule has 3 amide bonds. The van der Waals surface area contributed by atoms with Gasteiger partial charge in [0.25, 0.3) is 11.5 Å². The zero-order valence-corrected chi connectivity index (χ0v) is 31.1. The fraction of sp³-hybridized carbons (Fsp3) is 0.250. The quantitative estimate of drug-likeness (QED) is 0.173. The number of aromatic nitrogens is 5. The number of aliphatic hydroxyl groups is 2. The maximum Gasteiger partial charge on any atom is 0.324 e. The smallest absolute Gasteiger partial charge is 0.324 e. The summed E-state index contributed by atoms with van der Waals surface area (Å²) in [5.74, 6) is -1.19. The normalized spacial score (nSPS) is 15.8. The molecule has 0 radical (unpaired) electrons. The fourth-order valence-corrected chi connectivity index (χ4v) is 7.10. The summed E-state index contributed by atoms with van der Waals surface area (Å²) >= 11 is 0. The van der Waals surface area contributed by atoms with E-state index in [1.807, 2.05) is 24.3 Å². The molecule has 292 valence electrons. The maximum absolute atomic E-state index is 15.1. The lowest BCUT2D eigenvalue weighted by molar-refractivity contribution is 0.0733. The number of pyridine rings is 1. The predicted octanol–water partition coefficient (Wildman–Crippen LogP) is 4.45. The summed E-state index contributed by atoms with van der Waals surface area (Å²) < 4.78 is 32.5. The molecular weight excluding hydrogens is 739 g/mol. The van der Waals surface area contributed by atoms with Crippen LogP contribution in [0.15, 0.2) is 89.9 Å². The Balaban J connectivity index is 0.927. The average Bonchev–Trinajstić information content (AvgIpc) is 3.44. The second-order valence-electron chi connectivity index (χ2n) is 14.4. The molecular formula is C40H38F2N10O5. The first-order chi connectivity index (χ1) is 27.3. The van der Waals surface area contributed by atoms with Crippen molar-refractivity contribution in [2.75, 3.05) is 41.3 Å². The molecule has 0 saturated carbocycles. The monoisotopic (exact) mass is 776 g/mol. The van der Waals surface area contributed by atoms with Crippen molar-refractivity contribution in [3.63, 3.8) is 0 Å². The van der Waals surface area contributed by atoms with E-state index >= 15 is 4.39 Å². The fourth-order valence-electron chi connectivity index (χ4n) is 7.10. The molecule has 0 aliphatic carbocycles. The largest absolute Gasteiger partial charge is 0.384 e. The lowest BCUT2D eigenvalue weighted by Crippen LogP contribution is -2.49. The van der Waals surface area contributed by atoms with Crippen LogP contribution in [0.1, 0.15) is 47.3 Å². The topological polar surface area (TPSA) is 174 Å². The first kappa shape index (κ1) is 37.2. The number of hydrogen-bond acceptors (Lipinski definition) is 10. The molecule has 1 atom stereocenters. The Morgan fingerprint density at radius 2 is 1.68 bits per heavy atom. The first-order valence-corrected chi connectivity index (χ1v) is 18.2. The van der Waals surface area contributed by atoms with Gasteiger partial charge in [0.05, 0.1) is 29.1 Å². The van der Waals surface area contributed by atoms with E-state index < -0.39 is 35.4 Å². The minimum absolute atomic E-state index is 0.0730. The molecule has 15 nitrogen and oxygen atoms in total. The second-order valence-corrected chi connectivity index (χ2v) is 14.4. The van der Waals surface area contributed by atoms with Crippen LogP contribution in [-0.4, -0.2) is 77.5 Å². The summed E-state index contributed by atoms with van der Waals surface area (Å²) in [6.45, 7) is 4.84. The second kappa shape index (κ2) is 14.4. The molecule has 17 heteroatoms. The van der Waals surface area contributed by atoms with Crippen molar-refractivity contribution in [2.24, 2.45) is 7.05 Å². The number of anilines is 4. The Morgan fingerprint density at radius 1 is 0.947 bits per heavy atom. The standard InChI is InChI=1S/C40H38F2N10O5/c1-40(2,57)31-8-5-9-32(45-31)52-34-27(36(54)48(52)3)21-43-38(46-34)44-24-11-13-25(14-12-24)49-16-18-50(19-17-49)37(55)26-20-23(10-15-28(26)41)22-51-30-7-4-6-29(42)33(30)35(53)47-39(51)56/h4-15,20-21,35,53,57H,16-19,22H2,1-3H3,(H,47,56)(H,43,44,46). The number of benzene rings is 3. The van der Waals surface area contributed by atoms with Gasteiger partial charge in [-0.2, -0.15) is 4.98 Å². The molecule has 3 aromatic carbocycles. The van der Waals surface area contributed by atoms with Gasteiger partial charge in [0.1, 0.15) is 22.6 Å². The van der Waals surface area contributed by atoms with E-state index in [1.165, 1.54) is 52.2 Å². The zero-order chi connectivity index (χ0) is 40.2. The Morgan fingerprint density at radius 3 is 2.42 bits per heavy atom. The number of hydrogen-bond donors (Lipinski definition) is 4. The summed E-state index contributed by atoms with van der Waals surface area (Å²) in [5, 5.41) is 26.5. The van der Waals surface area contributed by atoms with E-state index in [2.05, 4.69) is 30.5 Å². The van der Waals surface area contributed by atoms with Crippen molar-refractivity contribution in [2.45, 2.75) is 32.2 Å². The van der Waals surface area contributed by atoms with Gasteiger partial charge in [0.2, 0.25) is 5.95 Å². The lowest BCUT2D eigenvalue weighted by Gasteiger charge is -2.36. The number of carbonyl (C=O) groups is 2. The van der Waals surface area contributed by atoms with Crippen LogP contribution in [0.5, 0.6) is 0 Å². The number of amides is 3. The van der Waals surface area contributed by atoms with Crippen LogP contribution in [0.3, 0.4) is 0 Å². The molecule has 2 aliphatic heterocycles. The van der Waals surface area contributed by atoms with E-state index in [0.717, 1.165) is 5.69 Å². The van der Waals surface area contributed by atoms with E-state index in [-0.39, 0.29) is 34.9 Å². The van der Waals surface area contributed by atoms with Crippen molar-refractivity contribution in [3.8, 4) is 5.82 Å². The summed E-state index contributed by atoms with van der Waals surface area (Å²) in [5.41, 5.74) is 1.32. The third-order valence-electron chi connectivity index (χ3n) is 10.1. The minimum Gasteiger partial charge on any atom is -0.384 e. The molecule has 3 aromatic heterocycles. The molecule has 0 spiro atoms.